The summed E-state index contributed by atoms with van der Waals surface area (Å²) in [7, 11) is 0. The molecule has 176 valence electrons. The first kappa shape index (κ1) is 24.9. The van der Waals surface area contributed by atoms with Gasteiger partial charge in [-0.25, -0.2) is 5.43 Å². The Hall–Kier alpha value is -2.77. The van der Waals surface area contributed by atoms with Crippen molar-refractivity contribution < 1.29 is 17.5 Å². The highest BCUT2D eigenvalue weighted by atomic mass is 35.5. The summed E-state index contributed by atoms with van der Waals surface area (Å²) in [6, 6.07) is 15.3. The Balaban J connectivity index is 0.00000306. The summed E-state index contributed by atoms with van der Waals surface area (Å²) in [6.07, 6.45) is 1.55. The van der Waals surface area contributed by atoms with E-state index in [1.54, 1.807) is 12.3 Å². The summed E-state index contributed by atoms with van der Waals surface area (Å²) in [5.74, 6) is 0.222. The van der Waals surface area contributed by atoms with Gasteiger partial charge in [-0.1, -0.05) is 40.9 Å². The van der Waals surface area contributed by atoms with Gasteiger partial charge >= 0.3 is 0 Å². The van der Waals surface area contributed by atoms with E-state index in [4.69, 9.17) is 39.5 Å². The summed E-state index contributed by atoms with van der Waals surface area (Å²) >= 11 is 17.8. The average Bonchev–Trinajstić information content (AvgIpc) is 2.79. The fourth-order valence-corrected chi connectivity index (χ4v) is 3.38. The minimum atomic E-state index is -0.431. The zero-order chi connectivity index (χ0) is 23.8. The van der Waals surface area contributed by atoms with E-state index in [9.17, 15) is 9.90 Å². The Kier molecular flexibility index (Phi) is 8.97. The molecule has 3 rings (SSSR count). The lowest BCUT2D eigenvalue weighted by Gasteiger charge is -2.10. The minimum Gasteiger partial charge on any atom is -0.506 e. The van der Waals surface area contributed by atoms with Crippen LogP contribution < -0.4 is 15.5 Å². The number of hydrogen-bond donors (Lipinski definition) is 3. The maximum atomic E-state index is 12.1. The van der Waals surface area contributed by atoms with E-state index in [1.807, 2.05) is 37.3 Å². The molecule has 0 unspecified atom stereocenters. The number of phenolic OH excluding ortho intramolecular Hbond substituents is 1. The van der Waals surface area contributed by atoms with E-state index in [0.717, 1.165) is 22.4 Å². The van der Waals surface area contributed by atoms with Crippen LogP contribution in [0.5, 0.6) is 11.5 Å². The topological polar surface area (TPSA) is 83.0 Å². The number of halogens is 3. The molecule has 6 nitrogen and oxygen atoms in total. The molecular weight excluding hydrogens is 485 g/mol. The van der Waals surface area contributed by atoms with Crippen LogP contribution in [-0.2, 0) is 6.54 Å². The number of hydrogen-bond acceptors (Lipinski definition) is 5. The molecule has 33 heavy (non-hydrogen) atoms. The third kappa shape index (κ3) is 7.37. The molecule has 0 saturated heterocycles. The third-order valence-electron chi connectivity index (χ3n) is 4.68. The van der Waals surface area contributed by atoms with Crippen molar-refractivity contribution in [3.8, 4) is 11.5 Å². The quantitative estimate of drug-likeness (QED) is 0.185. The lowest BCUT2D eigenvalue weighted by atomic mass is 10.1. The van der Waals surface area contributed by atoms with Crippen LogP contribution in [-0.4, -0.2) is 30.4 Å². The second-order valence-electron chi connectivity index (χ2n) is 7.16. The van der Waals surface area contributed by atoms with Crippen molar-refractivity contribution >= 4 is 46.9 Å². The van der Waals surface area contributed by atoms with Gasteiger partial charge in [0.2, 0.25) is 0 Å². The number of amides is 1. The molecule has 0 atom stereocenters. The van der Waals surface area contributed by atoms with E-state index < -0.39 is 5.91 Å². The number of aromatic hydroxyl groups is 1. The Morgan fingerprint density at radius 3 is 2.61 bits per heavy atom. The number of aryl methyl sites for hydroxylation is 1. The van der Waals surface area contributed by atoms with Crippen LogP contribution >= 0.6 is 34.8 Å². The molecule has 0 saturated carbocycles. The molecule has 0 spiro atoms. The number of rotatable bonds is 9. The number of carbonyl (C=O) groups excluding carboxylic acids is 1. The van der Waals surface area contributed by atoms with E-state index in [2.05, 4.69) is 15.8 Å². The van der Waals surface area contributed by atoms with Crippen molar-refractivity contribution in [2.24, 2.45) is 5.10 Å². The van der Waals surface area contributed by atoms with Crippen molar-refractivity contribution in [3.05, 3.63) is 91.9 Å². The van der Waals surface area contributed by atoms with Gasteiger partial charge in [0.1, 0.15) is 18.1 Å². The summed E-state index contributed by atoms with van der Waals surface area (Å²) in [5.41, 5.74) is 5.56. The monoisotopic (exact) mass is 509 g/mol. The Labute approximate surface area is 210 Å². The van der Waals surface area contributed by atoms with Gasteiger partial charge in [-0.2, -0.15) is 5.10 Å². The second-order valence-corrected chi connectivity index (χ2v) is 8.38. The van der Waals surface area contributed by atoms with Gasteiger partial charge in [-0.15, -0.1) is 0 Å². The standard InChI is InChI=1S/C24H22Cl3N3O3.2H2/c1-15-10-19(33-9-8-28-13-16-2-6-20(25)21(26)11-16)5-3-18(15)14-29-30-24(32)17-4-7-23(31)22(27)12-17;;/h2-7,10-12,14,28,31H,8-9,13H2,1H3,(H,30,32);2*1H/b29-14+;;. The maximum Gasteiger partial charge on any atom is 0.271 e. The molecule has 3 N–H and O–H groups in total. The fourth-order valence-electron chi connectivity index (χ4n) is 2.88. The fraction of sp³-hybridized carbons (Fsp3) is 0.167. The zero-order valence-corrected chi connectivity index (χ0v) is 20.0. The maximum absolute atomic E-state index is 12.1. The largest absolute Gasteiger partial charge is 0.506 e. The SMILES string of the molecule is Cc1cc(OCCNCc2ccc(Cl)c(Cl)c2)ccc1/C=N/NC(=O)c1ccc(O)c(Cl)c1.[HH].[HH]. The van der Waals surface area contributed by atoms with Crippen LogP contribution in [0, 0.1) is 6.92 Å². The molecule has 3 aromatic rings. The van der Waals surface area contributed by atoms with Gasteiger partial charge < -0.3 is 15.2 Å². The van der Waals surface area contributed by atoms with Gasteiger partial charge in [0, 0.05) is 21.5 Å². The van der Waals surface area contributed by atoms with Crippen LogP contribution in [0.25, 0.3) is 0 Å². The van der Waals surface area contributed by atoms with Crippen LogP contribution in [0.2, 0.25) is 15.1 Å². The average molecular weight is 511 g/mol. The van der Waals surface area contributed by atoms with E-state index in [0.29, 0.717) is 35.3 Å². The van der Waals surface area contributed by atoms with E-state index in [1.165, 1.54) is 18.2 Å². The van der Waals surface area contributed by atoms with Crippen molar-refractivity contribution in [1.29, 1.82) is 0 Å². The molecule has 0 aromatic heterocycles. The van der Waals surface area contributed by atoms with Crippen molar-refractivity contribution in [1.82, 2.24) is 10.7 Å². The summed E-state index contributed by atoms with van der Waals surface area (Å²) < 4.78 is 5.79. The van der Waals surface area contributed by atoms with Gasteiger partial charge in [0.05, 0.1) is 21.3 Å². The van der Waals surface area contributed by atoms with Gasteiger partial charge in [-0.3, -0.25) is 4.79 Å². The zero-order valence-electron chi connectivity index (χ0n) is 17.7. The molecule has 0 bridgehead atoms. The number of nitrogens with one attached hydrogen (secondary N) is 2. The lowest BCUT2D eigenvalue weighted by molar-refractivity contribution is 0.0955. The highest BCUT2D eigenvalue weighted by molar-refractivity contribution is 6.42. The molecule has 0 fully saturated rings. The molecule has 3 aromatic carbocycles. The Bertz CT molecular complexity index is 1180. The predicted octanol–water partition coefficient (Wildman–Crippen LogP) is 6.09. The normalized spacial score (nSPS) is 11.0. The Morgan fingerprint density at radius 2 is 1.88 bits per heavy atom. The molecule has 0 radical (unpaired) electrons. The number of benzene rings is 3. The first-order valence-corrected chi connectivity index (χ1v) is 11.2. The van der Waals surface area contributed by atoms with Gasteiger partial charge in [0.25, 0.3) is 5.91 Å². The molecule has 0 aliphatic rings. The predicted molar refractivity (Wildman–Crippen MR) is 137 cm³/mol. The number of hydrazone groups is 1. The second kappa shape index (κ2) is 11.9. The Morgan fingerprint density at radius 1 is 1.06 bits per heavy atom. The number of ether oxygens (including phenoxy) is 1. The molecule has 0 heterocycles. The summed E-state index contributed by atoms with van der Waals surface area (Å²) in [5, 5.41) is 17.9. The highest BCUT2D eigenvalue weighted by Gasteiger charge is 2.07. The summed E-state index contributed by atoms with van der Waals surface area (Å²) in [6.45, 7) is 3.75. The molecule has 9 heteroatoms. The molecule has 0 aliphatic carbocycles. The first-order valence-electron chi connectivity index (χ1n) is 10.0. The van der Waals surface area contributed by atoms with Crippen LogP contribution in [0.1, 0.15) is 29.9 Å². The van der Waals surface area contributed by atoms with Crippen LogP contribution in [0.4, 0.5) is 0 Å². The van der Waals surface area contributed by atoms with Gasteiger partial charge in [0.15, 0.2) is 0 Å². The van der Waals surface area contributed by atoms with Crippen molar-refractivity contribution in [2.45, 2.75) is 13.5 Å². The van der Waals surface area contributed by atoms with E-state index in [-0.39, 0.29) is 13.6 Å². The number of carbonyl (C=O) groups is 1. The van der Waals surface area contributed by atoms with Gasteiger partial charge in [-0.05, 0) is 72.1 Å². The number of nitrogens with zero attached hydrogens (tertiary/aromatic N) is 1. The number of phenols is 1. The minimum absolute atomic E-state index is 0. The first-order chi connectivity index (χ1) is 15.8. The highest BCUT2D eigenvalue weighted by Crippen LogP contribution is 2.24. The molecule has 1 amide bonds. The lowest BCUT2D eigenvalue weighted by Crippen LogP contribution is -2.20. The smallest absolute Gasteiger partial charge is 0.271 e. The molecular formula is C24H26Cl3N3O3. The summed E-state index contributed by atoms with van der Waals surface area (Å²) in [4.78, 5) is 12.1. The van der Waals surface area contributed by atoms with Crippen LogP contribution in [0.3, 0.4) is 0 Å². The third-order valence-corrected chi connectivity index (χ3v) is 5.72. The van der Waals surface area contributed by atoms with Crippen LogP contribution in [0.15, 0.2) is 59.7 Å². The van der Waals surface area contributed by atoms with Crippen molar-refractivity contribution in [2.75, 3.05) is 13.2 Å². The van der Waals surface area contributed by atoms with Crippen molar-refractivity contribution in [3.63, 3.8) is 0 Å². The van der Waals surface area contributed by atoms with E-state index >= 15 is 0 Å². The molecule has 0 aliphatic heterocycles.